The van der Waals surface area contributed by atoms with Crippen LogP contribution >= 0.6 is 0 Å². The normalized spacial score (nSPS) is 23.5. The second kappa shape index (κ2) is 4.39. The zero-order chi connectivity index (χ0) is 12.5. The molecule has 0 saturated carbocycles. The fourth-order valence-corrected chi connectivity index (χ4v) is 2.09. The van der Waals surface area contributed by atoms with Gasteiger partial charge in [0.05, 0.1) is 6.61 Å². The molecular weight excluding hydrogens is 220 g/mol. The maximum Gasteiger partial charge on any atom is 0.289 e. The quantitative estimate of drug-likeness (QED) is 0.720. The van der Waals surface area contributed by atoms with Gasteiger partial charge in [0.25, 0.3) is 5.91 Å². The van der Waals surface area contributed by atoms with E-state index in [0.29, 0.717) is 25.5 Å². The first-order chi connectivity index (χ1) is 8.03. The molecule has 2 amide bonds. The minimum Gasteiger partial charge on any atom is -0.488 e. The molecule has 0 bridgehead atoms. The molecule has 0 spiro atoms. The van der Waals surface area contributed by atoms with Crippen molar-refractivity contribution in [1.82, 2.24) is 10.2 Å². The third-order valence-corrected chi connectivity index (χ3v) is 3.24. The van der Waals surface area contributed by atoms with Gasteiger partial charge in [0.15, 0.2) is 5.76 Å². The number of hydrogen-bond donors (Lipinski definition) is 1. The molecule has 1 saturated heterocycles. The molecule has 0 aliphatic carbocycles. The van der Waals surface area contributed by atoms with Gasteiger partial charge in [-0.1, -0.05) is 0 Å². The van der Waals surface area contributed by atoms with Gasteiger partial charge >= 0.3 is 0 Å². The first kappa shape index (κ1) is 12.0. The summed E-state index contributed by atoms with van der Waals surface area (Å²) >= 11 is 0. The maximum atomic E-state index is 12.3. The molecule has 2 aliphatic heterocycles. The molecule has 0 atom stereocenters. The van der Waals surface area contributed by atoms with E-state index in [-0.39, 0.29) is 11.8 Å². The molecule has 17 heavy (non-hydrogen) atoms. The molecule has 0 aromatic carbocycles. The van der Waals surface area contributed by atoms with Crippen molar-refractivity contribution in [3.8, 4) is 0 Å². The summed E-state index contributed by atoms with van der Waals surface area (Å²) in [7, 11) is 0. The molecule has 94 valence electrons. The van der Waals surface area contributed by atoms with Gasteiger partial charge in [0.1, 0.15) is 5.54 Å². The number of piperazine rings is 1. The van der Waals surface area contributed by atoms with E-state index in [9.17, 15) is 9.59 Å². The van der Waals surface area contributed by atoms with Gasteiger partial charge in [-0.2, -0.15) is 0 Å². The van der Waals surface area contributed by atoms with E-state index in [4.69, 9.17) is 4.74 Å². The molecule has 5 heteroatoms. The number of carbonyl (C=O) groups excluding carboxylic acids is 2. The lowest BCUT2D eigenvalue weighted by molar-refractivity contribution is -0.149. The first-order valence-corrected chi connectivity index (χ1v) is 5.96. The van der Waals surface area contributed by atoms with Gasteiger partial charge in [-0.05, 0) is 32.8 Å². The van der Waals surface area contributed by atoms with Crippen LogP contribution in [0.3, 0.4) is 0 Å². The number of rotatable bonds is 1. The average molecular weight is 238 g/mol. The Labute approximate surface area is 101 Å². The van der Waals surface area contributed by atoms with Gasteiger partial charge in [0, 0.05) is 13.1 Å². The fraction of sp³-hybridized carbons (Fsp3) is 0.667. The Balaban J connectivity index is 2.18. The predicted molar refractivity (Wildman–Crippen MR) is 62.1 cm³/mol. The second-order valence-electron chi connectivity index (χ2n) is 4.83. The predicted octanol–water partition coefficient (Wildman–Crippen LogP) is 0.418. The summed E-state index contributed by atoms with van der Waals surface area (Å²) in [5.41, 5.74) is -0.809. The van der Waals surface area contributed by atoms with E-state index in [0.717, 1.165) is 12.8 Å². The Morgan fingerprint density at radius 2 is 2.29 bits per heavy atom. The summed E-state index contributed by atoms with van der Waals surface area (Å²) in [4.78, 5) is 25.6. The summed E-state index contributed by atoms with van der Waals surface area (Å²) in [6.07, 6.45) is 3.62. The lowest BCUT2D eigenvalue weighted by atomic mass is 9.98. The standard InChI is InChI=1S/C12H18N2O3/c1-12(2)11(16)13-6-7-14(12)10(15)9-5-3-4-8-17-9/h5H,3-4,6-8H2,1-2H3,(H,13,16). The number of nitrogens with one attached hydrogen (secondary N) is 1. The summed E-state index contributed by atoms with van der Waals surface area (Å²) in [5.74, 6) is 0.0945. The minimum absolute atomic E-state index is 0.117. The van der Waals surface area contributed by atoms with Gasteiger partial charge in [0.2, 0.25) is 5.91 Å². The zero-order valence-electron chi connectivity index (χ0n) is 10.3. The van der Waals surface area contributed by atoms with Crippen LogP contribution in [0.4, 0.5) is 0 Å². The molecule has 1 N–H and O–H groups in total. The van der Waals surface area contributed by atoms with Crippen LogP contribution in [0.1, 0.15) is 26.7 Å². The van der Waals surface area contributed by atoms with E-state index in [1.807, 2.05) is 6.08 Å². The topological polar surface area (TPSA) is 58.6 Å². The van der Waals surface area contributed by atoms with E-state index in [1.165, 1.54) is 0 Å². The van der Waals surface area contributed by atoms with Crippen molar-refractivity contribution in [1.29, 1.82) is 0 Å². The smallest absolute Gasteiger partial charge is 0.289 e. The number of amides is 2. The second-order valence-corrected chi connectivity index (χ2v) is 4.83. The zero-order valence-corrected chi connectivity index (χ0v) is 10.3. The van der Waals surface area contributed by atoms with Crippen LogP contribution in [0.2, 0.25) is 0 Å². The highest BCUT2D eigenvalue weighted by Crippen LogP contribution is 2.22. The molecule has 0 unspecified atom stereocenters. The van der Waals surface area contributed by atoms with Crippen molar-refractivity contribution in [2.45, 2.75) is 32.2 Å². The van der Waals surface area contributed by atoms with Crippen LogP contribution in [0.5, 0.6) is 0 Å². The largest absolute Gasteiger partial charge is 0.488 e. The Kier molecular flexibility index (Phi) is 3.09. The summed E-state index contributed by atoms with van der Waals surface area (Å²) < 4.78 is 5.36. The Bertz CT molecular complexity index is 374. The van der Waals surface area contributed by atoms with Gasteiger partial charge < -0.3 is 15.0 Å². The minimum atomic E-state index is -0.809. The number of nitrogens with zero attached hydrogens (tertiary/aromatic N) is 1. The average Bonchev–Trinajstić information content (AvgIpc) is 2.33. The number of ether oxygens (including phenoxy) is 1. The van der Waals surface area contributed by atoms with Crippen molar-refractivity contribution in [3.05, 3.63) is 11.8 Å². The molecule has 0 aromatic rings. The van der Waals surface area contributed by atoms with E-state index in [1.54, 1.807) is 18.7 Å². The molecule has 0 radical (unpaired) electrons. The van der Waals surface area contributed by atoms with Crippen LogP contribution in [0.25, 0.3) is 0 Å². The van der Waals surface area contributed by atoms with Crippen LogP contribution in [-0.2, 0) is 14.3 Å². The SMILES string of the molecule is CC1(C)C(=O)NCCN1C(=O)C1=CCCCO1. The highest BCUT2D eigenvalue weighted by Gasteiger charge is 2.41. The fourth-order valence-electron chi connectivity index (χ4n) is 2.09. The van der Waals surface area contributed by atoms with Crippen LogP contribution in [0.15, 0.2) is 11.8 Å². The number of allylic oxidation sites excluding steroid dienone is 1. The Morgan fingerprint density at radius 3 is 2.94 bits per heavy atom. The first-order valence-electron chi connectivity index (χ1n) is 5.96. The van der Waals surface area contributed by atoms with Crippen molar-refractivity contribution < 1.29 is 14.3 Å². The van der Waals surface area contributed by atoms with Crippen LogP contribution < -0.4 is 5.32 Å². The summed E-state index contributed by atoms with van der Waals surface area (Å²) in [5, 5.41) is 2.77. The molecule has 2 rings (SSSR count). The lowest BCUT2D eigenvalue weighted by Crippen LogP contribution is -2.63. The molecule has 0 aromatic heterocycles. The summed E-state index contributed by atoms with van der Waals surface area (Å²) in [6.45, 7) is 5.11. The molecular formula is C12H18N2O3. The lowest BCUT2D eigenvalue weighted by Gasteiger charge is -2.41. The van der Waals surface area contributed by atoms with E-state index in [2.05, 4.69) is 5.32 Å². The third kappa shape index (κ3) is 2.14. The molecule has 2 heterocycles. The highest BCUT2D eigenvalue weighted by molar-refractivity contribution is 5.98. The van der Waals surface area contributed by atoms with Crippen molar-refractivity contribution in [2.24, 2.45) is 0 Å². The monoisotopic (exact) mass is 238 g/mol. The molecule has 1 fully saturated rings. The van der Waals surface area contributed by atoms with Gasteiger partial charge in [-0.15, -0.1) is 0 Å². The van der Waals surface area contributed by atoms with Crippen molar-refractivity contribution >= 4 is 11.8 Å². The Morgan fingerprint density at radius 1 is 1.53 bits per heavy atom. The van der Waals surface area contributed by atoms with Crippen LogP contribution in [0, 0.1) is 0 Å². The number of hydrogen-bond acceptors (Lipinski definition) is 3. The third-order valence-electron chi connectivity index (χ3n) is 3.24. The Hall–Kier alpha value is -1.52. The van der Waals surface area contributed by atoms with Gasteiger partial charge in [-0.3, -0.25) is 9.59 Å². The maximum absolute atomic E-state index is 12.3. The van der Waals surface area contributed by atoms with E-state index >= 15 is 0 Å². The van der Waals surface area contributed by atoms with Crippen molar-refractivity contribution in [2.75, 3.05) is 19.7 Å². The van der Waals surface area contributed by atoms with Crippen LogP contribution in [-0.4, -0.2) is 41.9 Å². The highest BCUT2D eigenvalue weighted by atomic mass is 16.5. The van der Waals surface area contributed by atoms with Crippen molar-refractivity contribution in [3.63, 3.8) is 0 Å². The molecule has 5 nitrogen and oxygen atoms in total. The molecule has 2 aliphatic rings. The van der Waals surface area contributed by atoms with Gasteiger partial charge in [-0.25, -0.2) is 0 Å². The van der Waals surface area contributed by atoms with E-state index < -0.39 is 5.54 Å². The number of carbonyl (C=O) groups is 2. The summed E-state index contributed by atoms with van der Waals surface area (Å²) in [6, 6.07) is 0.